The second kappa shape index (κ2) is 4.60. The van der Waals surface area contributed by atoms with E-state index in [4.69, 9.17) is 11.6 Å². The molecule has 15 heavy (non-hydrogen) atoms. The fourth-order valence-electron chi connectivity index (χ4n) is 1.32. The molecule has 0 spiro atoms. The van der Waals surface area contributed by atoms with Crippen LogP contribution in [0.4, 0.5) is 0 Å². The molecule has 1 heterocycles. The molecule has 0 radical (unpaired) electrons. The minimum absolute atomic E-state index is 0.0457. The Labute approximate surface area is 97.3 Å². The van der Waals surface area contributed by atoms with Crippen molar-refractivity contribution in [1.29, 1.82) is 0 Å². The first-order valence-corrected chi connectivity index (χ1v) is 5.92. The van der Waals surface area contributed by atoms with Gasteiger partial charge in [0.2, 0.25) is 0 Å². The number of halogens is 1. The topological polar surface area (TPSA) is 17.1 Å². The van der Waals surface area contributed by atoms with Gasteiger partial charge in [0.15, 0.2) is 5.78 Å². The molecule has 0 N–H and O–H groups in total. The third-order valence-electron chi connectivity index (χ3n) is 2.12. The van der Waals surface area contributed by atoms with Gasteiger partial charge in [-0.05, 0) is 22.4 Å². The highest BCUT2D eigenvalue weighted by atomic mass is 35.5. The molecule has 1 atom stereocenters. The quantitative estimate of drug-likeness (QED) is 0.583. The molecule has 2 rings (SSSR count). The predicted octanol–water partition coefficient (Wildman–Crippen LogP) is 3.91. The van der Waals surface area contributed by atoms with E-state index in [1.807, 2.05) is 35.0 Å². The summed E-state index contributed by atoms with van der Waals surface area (Å²) in [7, 11) is 0. The molecular weight excluding hydrogens is 228 g/mol. The summed E-state index contributed by atoms with van der Waals surface area (Å²) in [6.07, 6.45) is 0. The van der Waals surface area contributed by atoms with Gasteiger partial charge in [0.25, 0.3) is 0 Å². The van der Waals surface area contributed by atoms with Gasteiger partial charge in [-0.3, -0.25) is 4.79 Å². The maximum Gasteiger partial charge on any atom is 0.185 e. The van der Waals surface area contributed by atoms with Crippen LogP contribution in [-0.4, -0.2) is 5.78 Å². The van der Waals surface area contributed by atoms with E-state index in [-0.39, 0.29) is 5.78 Å². The standard InChI is InChI=1S/C12H9ClOS/c13-11(10-6-7-15-8-10)12(14)9-4-2-1-3-5-9/h1-8,11H. The van der Waals surface area contributed by atoms with Crippen molar-refractivity contribution in [2.24, 2.45) is 0 Å². The van der Waals surface area contributed by atoms with Crippen LogP contribution in [0.5, 0.6) is 0 Å². The zero-order valence-electron chi connectivity index (χ0n) is 7.89. The highest BCUT2D eigenvalue weighted by Crippen LogP contribution is 2.26. The summed E-state index contributed by atoms with van der Waals surface area (Å²) < 4.78 is 0. The lowest BCUT2D eigenvalue weighted by molar-refractivity contribution is 0.0987. The van der Waals surface area contributed by atoms with E-state index in [9.17, 15) is 4.79 Å². The lowest BCUT2D eigenvalue weighted by Crippen LogP contribution is -2.06. The van der Waals surface area contributed by atoms with Crippen LogP contribution in [0.1, 0.15) is 21.3 Å². The molecule has 0 bridgehead atoms. The van der Waals surface area contributed by atoms with Gasteiger partial charge in [-0.2, -0.15) is 11.3 Å². The van der Waals surface area contributed by atoms with Gasteiger partial charge < -0.3 is 0 Å². The summed E-state index contributed by atoms with van der Waals surface area (Å²) in [6, 6.07) is 11.0. The molecule has 1 nitrogen and oxygen atoms in total. The molecule has 0 fully saturated rings. The lowest BCUT2D eigenvalue weighted by atomic mass is 10.1. The van der Waals surface area contributed by atoms with Crippen LogP contribution in [0, 0.1) is 0 Å². The SMILES string of the molecule is O=C(c1ccccc1)C(Cl)c1ccsc1. The van der Waals surface area contributed by atoms with Crippen LogP contribution in [0.3, 0.4) is 0 Å². The van der Waals surface area contributed by atoms with Crippen molar-refractivity contribution < 1.29 is 4.79 Å². The summed E-state index contributed by atoms with van der Waals surface area (Å²) >= 11 is 7.63. The molecule has 0 amide bonds. The molecule has 1 unspecified atom stereocenters. The fourth-order valence-corrected chi connectivity index (χ4v) is 2.34. The number of benzene rings is 1. The van der Waals surface area contributed by atoms with Gasteiger partial charge in [0.05, 0.1) is 0 Å². The third kappa shape index (κ3) is 2.28. The monoisotopic (exact) mass is 236 g/mol. The van der Waals surface area contributed by atoms with E-state index in [0.29, 0.717) is 5.56 Å². The molecule has 1 aromatic heterocycles. The summed E-state index contributed by atoms with van der Waals surface area (Å²) in [4.78, 5) is 11.9. The van der Waals surface area contributed by atoms with E-state index < -0.39 is 5.38 Å². The van der Waals surface area contributed by atoms with Crippen LogP contribution in [-0.2, 0) is 0 Å². The zero-order chi connectivity index (χ0) is 10.7. The van der Waals surface area contributed by atoms with Crippen LogP contribution in [0.15, 0.2) is 47.2 Å². The van der Waals surface area contributed by atoms with Crippen molar-refractivity contribution in [2.75, 3.05) is 0 Å². The number of hydrogen-bond donors (Lipinski definition) is 0. The minimum atomic E-state index is -0.571. The van der Waals surface area contributed by atoms with Gasteiger partial charge in [0, 0.05) is 5.56 Å². The number of carbonyl (C=O) groups excluding carboxylic acids is 1. The van der Waals surface area contributed by atoms with Crippen molar-refractivity contribution in [3.05, 3.63) is 58.3 Å². The van der Waals surface area contributed by atoms with Crippen molar-refractivity contribution >= 4 is 28.7 Å². The van der Waals surface area contributed by atoms with Gasteiger partial charge in [-0.15, -0.1) is 11.6 Å². The van der Waals surface area contributed by atoms with Gasteiger partial charge in [-0.25, -0.2) is 0 Å². The normalized spacial score (nSPS) is 12.3. The van der Waals surface area contributed by atoms with Crippen LogP contribution < -0.4 is 0 Å². The first kappa shape index (κ1) is 10.4. The number of Topliss-reactive ketones (excluding diaryl/α,β-unsaturated/α-hetero) is 1. The Kier molecular flexibility index (Phi) is 3.19. The highest BCUT2D eigenvalue weighted by Gasteiger charge is 2.19. The van der Waals surface area contributed by atoms with Gasteiger partial charge in [0.1, 0.15) is 5.38 Å². The van der Waals surface area contributed by atoms with Crippen LogP contribution in [0.25, 0.3) is 0 Å². The molecule has 0 aliphatic heterocycles. The molecule has 2 aromatic rings. The maximum atomic E-state index is 11.9. The van der Waals surface area contributed by atoms with E-state index in [1.165, 1.54) is 0 Å². The molecule has 76 valence electrons. The Morgan fingerprint density at radius 3 is 2.53 bits per heavy atom. The molecular formula is C12H9ClOS. The Morgan fingerprint density at radius 1 is 1.20 bits per heavy atom. The number of hydrogen-bond acceptors (Lipinski definition) is 2. The summed E-state index contributed by atoms with van der Waals surface area (Å²) in [5, 5.41) is 3.25. The second-order valence-corrected chi connectivity index (χ2v) is 4.37. The average molecular weight is 237 g/mol. The smallest absolute Gasteiger partial charge is 0.185 e. The fraction of sp³-hybridized carbons (Fsp3) is 0.0833. The summed E-state index contributed by atoms with van der Waals surface area (Å²) in [5.74, 6) is -0.0457. The predicted molar refractivity (Wildman–Crippen MR) is 63.7 cm³/mol. The number of thiophene rings is 1. The molecule has 3 heteroatoms. The molecule has 0 saturated heterocycles. The van der Waals surface area contributed by atoms with E-state index in [1.54, 1.807) is 23.5 Å². The van der Waals surface area contributed by atoms with Crippen molar-refractivity contribution in [3.63, 3.8) is 0 Å². The van der Waals surface area contributed by atoms with Crippen molar-refractivity contribution in [2.45, 2.75) is 5.38 Å². The lowest BCUT2D eigenvalue weighted by Gasteiger charge is -2.05. The van der Waals surface area contributed by atoms with Crippen LogP contribution >= 0.6 is 22.9 Å². The Morgan fingerprint density at radius 2 is 1.93 bits per heavy atom. The van der Waals surface area contributed by atoms with E-state index in [0.717, 1.165) is 5.56 Å². The number of ketones is 1. The van der Waals surface area contributed by atoms with Gasteiger partial charge in [-0.1, -0.05) is 30.3 Å². The maximum absolute atomic E-state index is 11.9. The second-order valence-electron chi connectivity index (χ2n) is 3.15. The molecule has 1 aromatic carbocycles. The Hall–Kier alpha value is -1.12. The van der Waals surface area contributed by atoms with Gasteiger partial charge >= 0.3 is 0 Å². The van der Waals surface area contributed by atoms with Crippen molar-refractivity contribution in [3.8, 4) is 0 Å². The highest BCUT2D eigenvalue weighted by molar-refractivity contribution is 7.08. The van der Waals surface area contributed by atoms with E-state index >= 15 is 0 Å². The van der Waals surface area contributed by atoms with Crippen molar-refractivity contribution in [1.82, 2.24) is 0 Å². The number of rotatable bonds is 3. The average Bonchev–Trinajstić information content (AvgIpc) is 2.82. The third-order valence-corrected chi connectivity index (χ3v) is 3.28. The molecule has 0 aliphatic rings. The van der Waals surface area contributed by atoms with Crippen LogP contribution in [0.2, 0.25) is 0 Å². The number of alkyl halides is 1. The summed E-state index contributed by atoms with van der Waals surface area (Å²) in [6.45, 7) is 0. The Bertz CT molecular complexity index is 436. The van der Waals surface area contributed by atoms with E-state index in [2.05, 4.69) is 0 Å². The molecule has 0 aliphatic carbocycles. The molecule has 0 saturated carbocycles. The Balaban J connectivity index is 2.23. The first-order valence-electron chi connectivity index (χ1n) is 4.54. The summed E-state index contributed by atoms with van der Waals surface area (Å²) in [5.41, 5.74) is 1.53. The minimum Gasteiger partial charge on any atom is -0.292 e. The zero-order valence-corrected chi connectivity index (χ0v) is 9.46. The largest absolute Gasteiger partial charge is 0.292 e. The number of carbonyl (C=O) groups is 1. The first-order chi connectivity index (χ1) is 7.29.